The first-order valence-corrected chi connectivity index (χ1v) is 15.7. The summed E-state index contributed by atoms with van der Waals surface area (Å²) in [5, 5.41) is 14.4. The SMILES string of the molecule is C#CC1=CCCc2cc(O)cc(N3CCc4c(nc(OCC56CCCN5CCC6)nc4N4CC5CCC(C4)N5)C3)c21. The summed E-state index contributed by atoms with van der Waals surface area (Å²) in [6.07, 6.45) is 18.1. The van der Waals surface area contributed by atoms with Crippen LogP contribution >= 0.6 is 0 Å². The fourth-order valence-corrected chi connectivity index (χ4v) is 8.58. The van der Waals surface area contributed by atoms with E-state index in [4.69, 9.17) is 21.1 Å². The Kier molecular flexibility index (Phi) is 6.15. The van der Waals surface area contributed by atoms with E-state index in [2.05, 4.69) is 32.0 Å². The molecule has 0 spiro atoms. The highest BCUT2D eigenvalue weighted by atomic mass is 16.5. The van der Waals surface area contributed by atoms with E-state index >= 15 is 0 Å². The van der Waals surface area contributed by atoms with Crippen molar-refractivity contribution in [1.82, 2.24) is 20.2 Å². The Morgan fingerprint density at radius 1 is 1.05 bits per heavy atom. The van der Waals surface area contributed by atoms with Gasteiger partial charge in [-0.3, -0.25) is 4.90 Å². The average molecular weight is 553 g/mol. The number of phenols is 1. The lowest BCUT2D eigenvalue weighted by Gasteiger charge is -2.38. The molecule has 0 radical (unpaired) electrons. The number of ether oxygens (including phenoxy) is 1. The lowest BCUT2D eigenvalue weighted by atomic mass is 9.88. The van der Waals surface area contributed by atoms with Crippen molar-refractivity contribution in [1.29, 1.82) is 0 Å². The van der Waals surface area contributed by atoms with Crippen molar-refractivity contribution in [2.45, 2.75) is 82.0 Å². The van der Waals surface area contributed by atoms with E-state index in [1.807, 2.05) is 12.1 Å². The number of hydrogen-bond donors (Lipinski definition) is 2. The third kappa shape index (κ3) is 4.36. The van der Waals surface area contributed by atoms with Gasteiger partial charge in [0.2, 0.25) is 0 Å². The van der Waals surface area contributed by atoms with Crippen LogP contribution in [0.1, 0.15) is 67.3 Å². The third-order valence-corrected chi connectivity index (χ3v) is 10.5. The summed E-state index contributed by atoms with van der Waals surface area (Å²) >= 11 is 0. The van der Waals surface area contributed by atoms with Crippen molar-refractivity contribution in [3.63, 3.8) is 0 Å². The molecule has 2 atom stereocenters. The molecule has 0 saturated carbocycles. The van der Waals surface area contributed by atoms with Gasteiger partial charge in [0.15, 0.2) is 0 Å². The van der Waals surface area contributed by atoms with Crippen molar-refractivity contribution in [2.24, 2.45) is 0 Å². The second-order valence-corrected chi connectivity index (χ2v) is 13.0. The molecule has 1 aromatic carbocycles. The van der Waals surface area contributed by atoms with Gasteiger partial charge in [-0.1, -0.05) is 12.0 Å². The van der Waals surface area contributed by atoms with Crippen LogP contribution in [-0.4, -0.2) is 76.9 Å². The molecule has 8 rings (SSSR count). The van der Waals surface area contributed by atoms with E-state index in [0.29, 0.717) is 37.0 Å². The largest absolute Gasteiger partial charge is 0.508 e. The number of nitrogens with one attached hydrogen (secondary N) is 1. The van der Waals surface area contributed by atoms with Crippen LogP contribution in [0.4, 0.5) is 11.5 Å². The molecule has 2 N–H and O–H groups in total. The number of terminal acetylenes is 1. The Hall–Kier alpha value is -3.28. The van der Waals surface area contributed by atoms with Gasteiger partial charge in [-0.15, -0.1) is 6.42 Å². The fourth-order valence-electron chi connectivity index (χ4n) is 8.58. The minimum absolute atomic E-state index is 0.151. The number of rotatable bonds is 5. The third-order valence-electron chi connectivity index (χ3n) is 10.5. The van der Waals surface area contributed by atoms with Gasteiger partial charge in [-0.25, -0.2) is 0 Å². The lowest BCUT2D eigenvalue weighted by molar-refractivity contribution is 0.107. The topological polar surface area (TPSA) is 77.0 Å². The van der Waals surface area contributed by atoms with Crippen LogP contribution in [-0.2, 0) is 19.4 Å². The number of benzene rings is 1. The first kappa shape index (κ1) is 25.4. The first-order valence-electron chi connectivity index (χ1n) is 15.7. The second kappa shape index (κ2) is 9.92. The fraction of sp³-hybridized carbons (Fsp3) is 0.576. The molecule has 6 heterocycles. The van der Waals surface area contributed by atoms with Crippen LogP contribution in [0, 0.1) is 12.3 Å². The summed E-state index contributed by atoms with van der Waals surface area (Å²) < 4.78 is 6.55. The Bertz CT molecular complexity index is 1420. The standard InChI is InChI=1S/C33H40N6O2/c1-2-22-6-3-7-23-16-26(40)17-29(30(22)23)37-15-10-27-28(20-37)35-32(41-21-33-11-4-13-39(33)14-5-12-33)36-31(27)38-18-24-8-9-25(19-38)34-24/h1,6,16-17,24-25,34,40H,3-5,7-15,18-21H2. The van der Waals surface area contributed by atoms with Crippen LogP contribution in [0.25, 0.3) is 5.57 Å². The normalized spacial score (nSPS) is 26.3. The van der Waals surface area contributed by atoms with E-state index in [9.17, 15) is 5.11 Å². The van der Waals surface area contributed by atoms with Gasteiger partial charge >= 0.3 is 6.01 Å². The van der Waals surface area contributed by atoms with Gasteiger partial charge in [0.05, 0.1) is 17.8 Å². The smallest absolute Gasteiger partial charge is 0.318 e. The summed E-state index contributed by atoms with van der Waals surface area (Å²) in [6, 6.07) is 5.33. The number of hydrogen-bond acceptors (Lipinski definition) is 8. The van der Waals surface area contributed by atoms with Crippen molar-refractivity contribution in [3.8, 4) is 24.1 Å². The molecular weight excluding hydrogens is 512 g/mol. The lowest BCUT2D eigenvalue weighted by Crippen LogP contribution is -2.52. The molecule has 2 bridgehead atoms. The highest BCUT2D eigenvalue weighted by Crippen LogP contribution is 2.42. The van der Waals surface area contributed by atoms with Gasteiger partial charge in [0.25, 0.3) is 0 Å². The number of fused-ring (bicyclic) bond motifs is 5. The molecule has 2 aromatic rings. The molecule has 6 aliphatic rings. The number of allylic oxidation sites excluding steroid dienone is 2. The van der Waals surface area contributed by atoms with E-state index < -0.39 is 0 Å². The van der Waals surface area contributed by atoms with E-state index in [0.717, 1.165) is 72.8 Å². The molecule has 214 valence electrons. The molecule has 41 heavy (non-hydrogen) atoms. The minimum Gasteiger partial charge on any atom is -0.508 e. The highest BCUT2D eigenvalue weighted by molar-refractivity contribution is 5.89. The molecule has 4 fully saturated rings. The number of aromatic hydroxyl groups is 1. The maximum Gasteiger partial charge on any atom is 0.318 e. The molecule has 1 aromatic heterocycles. The van der Waals surface area contributed by atoms with Crippen LogP contribution in [0.5, 0.6) is 11.8 Å². The van der Waals surface area contributed by atoms with Gasteiger partial charge < -0.3 is 25.0 Å². The summed E-state index contributed by atoms with van der Waals surface area (Å²) in [7, 11) is 0. The number of aryl methyl sites for hydroxylation is 1. The first-order chi connectivity index (χ1) is 20.1. The number of nitrogens with zero attached hydrogens (tertiary/aromatic N) is 5. The number of phenolic OH excluding ortho intramolecular Hbond substituents is 1. The number of anilines is 2. The molecule has 2 unspecified atom stereocenters. The summed E-state index contributed by atoms with van der Waals surface area (Å²) in [4.78, 5) is 17.7. The van der Waals surface area contributed by atoms with E-state index in [-0.39, 0.29) is 5.54 Å². The van der Waals surface area contributed by atoms with Crippen molar-refractivity contribution in [2.75, 3.05) is 49.1 Å². The molecule has 0 amide bonds. The molecule has 8 nitrogen and oxygen atoms in total. The number of aromatic nitrogens is 2. The molecule has 8 heteroatoms. The molecular formula is C33H40N6O2. The predicted octanol–water partition coefficient (Wildman–Crippen LogP) is 3.66. The zero-order valence-corrected chi connectivity index (χ0v) is 23.9. The minimum atomic E-state index is 0.151. The van der Waals surface area contributed by atoms with E-state index in [1.54, 1.807) is 0 Å². The van der Waals surface area contributed by atoms with Gasteiger partial charge in [0.1, 0.15) is 18.2 Å². The van der Waals surface area contributed by atoms with Crippen molar-refractivity contribution < 1.29 is 9.84 Å². The predicted molar refractivity (Wildman–Crippen MR) is 160 cm³/mol. The molecule has 5 aliphatic heterocycles. The quantitative estimate of drug-likeness (QED) is 0.545. The Balaban J connectivity index is 1.15. The van der Waals surface area contributed by atoms with Gasteiger partial charge in [0, 0.05) is 60.2 Å². The highest BCUT2D eigenvalue weighted by Gasteiger charge is 2.45. The summed E-state index contributed by atoms with van der Waals surface area (Å²) in [5.41, 5.74) is 6.58. The maximum absolute atomic E-state index is 10.7. The summed E-state index contributed by atoms with van der Waals surface area (Å²) in [5.74, 6) is 4.27. The Labute approximate surface area is 242 Å². The zero-order chi connectivity index (χ0) is 27.6. The Morgan fingerprint density at radius 2 is 1.85 bits per heavy atom. The molecule has 1 aliphatic carbocycles. The zero-order valence-electron chi connectivity index (χ0n) is 23.9. The van der Waals surface area contributed by atoms with Crippen LogP contribution in [0.3, 0.4) is 0 Å². The monoisotopic (exact) mass is 552 g/mol. The number of piperazine rings is 1. The molecule has 4 saturated heterocycles. The maximum atomic E-state index is 10.7. The van der Waals surface area contributed by atoms with Crippen LogP contribution in [0.15, 0.2) is 18.2 Å². The van der Waals surface area contributed by atoms with Crippen molar-refractivity contribution >= 4 is 17.1 Å². The van der Waals surface area contributed by atoms with E-state index in [1.165, 1.54) is 57.2 Å². The van der Waals surface area contributed by atoms with Gasteiger partial charge in [-0.2, -0.15) is 9.97 Å². The van der Waals surface area contributed by atoms with Gasteiger partial charge in [-0.05, 0) is 82.5 Å². The van der Waals surface area contributed by atoms with Crippen LogP contribution < -0.4 is 19.9 Å². The average Bonchev–Trinajstić information content (AvgIpc) is 3.68. The Morgan fingerprint density at radius 3 is 2.63 bits per heavy atom. The van der Waals surface area contributed by atoms with Crippen LogP contribution in [0.2, 0.25) is 0 Å². The second-order valence-electron chi connectivity index (χ2n) is 13.0. The summed E-state index contributed by atoms with van der Waals surface area (Å²) in [6.45, 7) is 6.47. The van der Waals surface area contributed by atoms with Crippen molar-refractivity contribution in [3.05, 3.63) is 40.6 Å².